The van der Waals surface area contributed by atoms with Crippen molar-refractivity contribution in [2.24, 2.45) is 5.10 Å². The van der Waals surface area contributed by atoms with E-state index in [1.807, 2.05) is 30.3 Å². The van der Waals surface area contributed by atoms with Crippen molar-refractivity contribution in [3.8, 4) is 11.1 Å². The first-order valence-corrected chi connectivity index (χ1v) is 7.65. The molecule has 5 heteroatoms. The van der Waals surface area contributed by atoms with Crippen molar-refractivity contribution in [3.63, 3.8) is 0 Å². The lowest BCUT2D eigenvalue weighted by atomic mass is 9.98. The summed E-state index contributed by atoms with van der Waals surface area (Å²) in [4.78, 5) is 0. The molecule has 0 fully saturated rings. The number of halogens is 3. The summed E-state index contributed by atoms with van der Waals surface area (Å²) in [5, 5.41) is 4.12. The van der Waals surface area contributed by atoms with Gasteiger partial charge in [0.05, 0.1) is 17.5 Å². The first kappa shape index (κ1) is 16.8. The van der Waals surface area contributed by atoms with Gasteiger partial charge >= 0.3 is 6.18 Å². The van der Waals surface area contributed by atoms with Crippen LogP contribution in [-0.2, 0) is 6.18 Å². The smallest absolute Gasteiger partial charge is 0.279 e. The van der Waals surface area contributed by atoms with E-state index in [4.69, 9.17) is 0 Å². The summed E-state index contributed by atoms with van der Waals surface area (Å²) in [6.07, 6.45) is -2.76. The molecule has 3 aromatic carbocycles. The Morgan fingerprint density at radius 3 is 2.08 bits per heavy atom. The van der Waals surface area contributed by atoms with Crippen LogP contribution in [0, 0.1) is 0 Å². The Balaban J connectivity index is 1.77. The largest absolute Gasteiger partial charge is 0.417 e. The van der Waals surface area contributed by atoms with E-state index in [1.54, 1.807) is 36.5 Å². The van der Waals surface area contributed by atoms with Crippen molar-refractivity contribution in [1.82, 2.24) is 0 Å². The molecule has 0 heterocycles. The molecule has 0 radical (unpaired) electrons. The van der Waals surface area contributed by atoms with Crippen LogP contribution in [0.1, 0.15) is 11.1 Å². The van der Waals surface area contributed by atoms with E-state index in [9.17, 15) is 13.2 Å². The van der Waals surface area contributed by atoms with E-state index in [-0.39, 0.29) is 5.56 Å². The second-order valence-corrected chi connectivity index (χ2v) is 5.40. The van der Waals surface area contributed by atoms with Crippen LogP contribution < -0.4 is 5.43 Å². The number of benzene rings is 3. The third kappa shape index (κ3) is 4.26. The molecular formula is C20H15F3N2. The quantitative estimate of drug-likeness (QED) is 0.470. The Labute approximate surface area is 143 Å². The highest BCUT2D eigenvalue weighted by atomic mass is 19.4. The molecule has 126 valence electrons. The Hall–Kier alpha value is -3.08. The van der Waals surface area contributed by atoms with Gasteiger partial charge in [-0.05, 0) is 34.9 Å². The lowest BCUT2D eigenvalue weighted by Crippen LogP contribution is -2.06. The highest BCUT2D eigenvalue weighted by Gasteiger charge is 2.33. The zero-order valence-corrected chi connectivity index (χ0v) is 13.2. The van der Waals surface area contributed by atoms with E-state index in [1.165, 1.54) is 12.1 Å². The fourth-order valence-electron chi connectivity index (χ4n) is 2.42. The number of nitrogens with one attached hydrogen (secondary N) is 1. The third-order valence-corrected chi connectivity index (χ3v) is 3.64. The fourth-order valence-corrected chi connectivity index (χ4v) is 2.42. The summed E-state index contributed by atoms with van der Waals surface area (Å²) in [5.74, 6) is 0. The van der Waals surface area contributed by atoms with Crippen molar-refractivity contribution in [3.05, 3.63) is 90.0 Å². The van der Waals surface area contributed by atoms with E-state index in [0.29, 0.717) is 5.56 Å². The predicted octanol–water partition coefficient (Wildman–Crippen LogP) is 5.82. The number of alkyl halides is 3. The number of nitrogens with zero attached hydrogens (tertiary/aromatic N) is 1. The van der Waals surface area contributed by atoms with Crippen LogP contribution >= 0.6 is 0 Å². The van der Waals surface area contributed by atoms with Crippen molar-refractivity contribution in [1.29, 1.82) is 0 Å². The van der Waals surface area contributed by atoms with Gasteiger partial charge in [-0.25, -0.2) is 0 Å². The summed E-state index contributed by atoms with van der Waals surface area (Å²) in [6.45, 7) is 0. The van der Waals surface area contributed by atoms with Crippen LogP contribution in [0.25, 0.3) is 11.1 Å². The molecule has 0 aliphatic rings. The zero-order valence-electron chi connectivity index (χ0n) is 13.2. The Kier molecular flexibility index (Phi) is 4.84. The molecule has 0 saturated carbocycles. The summed E-state index contributed by atoms with van der Waals surface area (Å²) < 4.78 is 39.3. The van der Waals surface area contributed by atoms with Crippen molar-refractivity contribution < 1.29 is 13.2 Å². The molecule has 0 saturated heterocycles. The SMILES string of the molecule is FC(F)(F)c1ccccc1-c1ccc(C=NNc2ccccc2)cc1. The second kappa shape index (κ2) is 7.21. The molecule has 3 rings (SSSR count). The average molecular weight is 340 g/mol. The maximum atomic E-state index is 13.1. The minimum absolute atomic E-state index is 0.167. The highest BCUT2D eigenvalue weighted by molar-refractivity contribution is 5.82. The van der Waals surface area contributed by atoms with Gasteiger partial charge in [0.2, 0.25) is 0 Å². The monoisotopic (exact) mass is 340 g/mol. The van der Waals surface area contributed by atoms with Crippen LogP contribution in [0.5, 0.6) is 0 Å². The number of hydrogen-bond acceptors (Lipinski definition) is 2. The van der Waals surface area contributed by atoms with Gasteiger partial charge in [0.1, 0.15) is 0 Å². The molecule has 0 aliphatic heterocycles. The number of para-hydroxylation sites is 1. The molecule has 0 aromatic heterocycles. The van der Waals surface area contributed by atoms with Crippen molar-refractivity contribution >= 4 is 11.9 Å². The van der Waals surface area contributed by atoms with Gasteiger partial charge in [-0.15, -0.1) is 0 Å². The standard InChI is InChI=1S/C20H15F3N2/c21-20(22,23)19-9-5-4-8-18(19)16-12-10-15(11-13-16)14-24-25-17-6-2-1-3-7-17/h1-14,25H. The molecular weight excluding hydrogens is 325 g/mol. The molecule has 0 spiro atoms. The maximum Gasteiger partial charge on any atom is 0.417 e. The molecule has 1 N–H and O–H groups in total. The Morgan fingerprint density at radius 2 is 1.40 bits per heavy atom. The molecule has 0 unspecified atom stereocenters. The normalized spacial score (nSPS) is 11.6. The first-order chi connectivity index (χ1) is 12.0. The van der Waals surface area contributed by atoms with Crippen molar-refractivity contribution in [2.45, 2.75) is 6.18 Å². The first-order valence-electron chi connectivity index (χ1n) is 7.65. The summed E-state index contributed by atoms with van der Waals surface area (Å²) >= 11 is 0. The third-order valence-electron chi connectivity index (χ3n) is 3.64. The van der Waals surface area contributed by atoms with E-state index in [0.717, 1.165) is 17.3 Å². The Morgan fingerprint density at radius 1 is 0.760 bits per heavy atom. The molecule has 0 aliphatic carbocycles. The van der Waals surface area contributed by atoms with Crippen LogP contribution in [0.4, 0.5) is 18.9 Å². The Bertz CT molecular complexity index is 854. The molecule has 0 bridgehead atoms. The minimum atomic E-state index is -4.38. The van der Waals surface area contributed by atoms with Gasteiger partial charge in [0.25, 0.3) is 0 Å². The number of rotatable bonds is 4. The van der Waals surface area contributed by atoms with E-state index in [2.05, 4.69) is 10.5 Å². The van der Waals surface area contributed by atoms with Crippen LogP contribution in [0.3, 0.4) is 0 Å². The topological polar surface area (TPSA) is 24.4 Å². The average Bonchev–Trinajstić information content (AvgIpc) is 2.63. The van der Waals surface area contributed by atoms with Crippen LogP contribution in [0.2, 0.25) is 0 Å². The number of hydrazone groups is 1. The molecule has 2 nitrogen and oxygen atoms in total. The van der Waals surface area contributed by atoms with Crippen LogP contribution in [-0.4, -0.2) is 6.21 Å². The molecule has 0 atom stereocenters. The number of anilines is 1. The summed E-state index contributed by atoms with van der Waals surface area (Å²) in [6, 6.07) is 21.8. The molecule has 25 heavy (non-hydrogen) atoms. The van der Waals surface area contributed by atoms with Gasteiger partial charge in [0, 0.05) is 0 Å². The van der Waals surface area contributed by atoms with E-state index < -0.39 is 11.7 Å². The van der Waals surface area contributed by atoms with Crippen LogP contribution in [0.15, 0.2) is 84.0 Å². The van der Waals surface area contributed by atoms with Gasteiger partial charge in [-0.2, -0.15) is 18.3 Å². The summed E-state index contributed by atoms with van der Waals surface area (Å²) in [7, 11) is 0. The molecule has 3 aromatic rings. The predicted molar refractivity (Wildman–Crippen MR) is 94.5 cm³/mol. The molecule has 0 amide bonds. The summed E-state index contributed by atoms with van der Waals surface area (Å²) in [5.41, 5.74) is 4.58. The number of hydrogen-bond donors (Lipinski definition) is 1. The highest BCUT2D eigenvalue weighted by Crippen LogP contribution is 2.36. The lowest BCUT2D eigenvalue weighted by molar-refractivity contribution is -0.137. The van der Waals surface area contributed by atoms with E-state index >= 15 is 0 Å². The lowest BCUT2D eigenvalue weighted by Gasteiger charge is -2.12. The second-order valence-electron chi connectivity index (χ2n) is 5.40. The zero-order chi connectivity index (χ0) is 17.7. The minimum Gasteiger partial charge on any atom is -0.279 e. The maximum absolute atomic E-state index is 13.1. The van der Waals surface area contributed by atoms with Gasteiger partial charge < -0.3 is 0 Å². The van der Waals surface area contributed by atoms with Gasteiger partial charge in [-0.1, -0.05) is 60.7 Å². The fraction of sp³-hybridized carbons (Fsp3) is 0.0500. The van der Waals surface area contributed by atoms with Gasteiger partial charge in [-0.3, -0.25) is 5.43 Å². The van der Waals surface area contributed by atoms with Crippen molar-refractivity contribution in [2.75, 3.05) is 5.43 Å². The van der Waals surface area contributed by atoms with Gasteiger partial charge in [0.15, 0.2) is 0 Å².